The van der Waals surface area contributed by atoms with E-state index in [2.05, 4.69) is 20.9 Å². The van der Waals surface area contributed by atoms with Crippen molar-refractivity contribution in [1.29, 1.82) is 0 Å². The summed E-state index contributed by atoms with van der Waals surface area (Å²) in [5, 5.41) is 0.700. The maximum Gasteiger partial charge on any atom is 0.270 e. The summed E-state index contributed by atoms with van der Waals surface area (Å²) in [6.07, 6.45) is 0. The number of thiophene rings is 1. The van der Waals surface area contributed by atoms with Gasteiger partial charge in [0.2, 0.25) is 0 Å². The Morgan fingerprint density at radius 2 is 2.14 bits per heavy atom. The number of carbonyl (C=O) groups excluding carboxylic acids is 1. The highest BCUT2D eigenvalue weighted by Gasteiger charge is 2.15. The molecule has 0 saturated heterocycles. The van der Waals surface area contributed by atoms with Gasteiger partial charge in [-0.3, -0.25) is 4.79 Å². The van der Waals surface area contributed by atoms with Crippen molar-refractivity contribution in [2.45, 2.75) is 6.54 Å². The molecule has 0 radical (unpaired) electrons. The minimum Gasteiger partial charge on any atom is -0.351 e. The zero-order valence-corrected chi connectivity index (χ0v) is 13.6. The molecule has 2 heterocycles. The van der Waals surface area contributed by atoms with E-state index in [0.29, 0.717) is 17.6 Å². The predicted molar refractivity (Wildman–Crippen MR) is 86.1 cm³/mol. The number of fused-ring (bicyclic) bond motifs is 1. The fourth-order valence-electron chi connectivity index (χ4n) is 2.17. The molecular weight excluding hydrogens is 355 g/mol. The molecule has 0 fully saturated rings. The lowest BCUT2D eigenvalue weighted by Gasteiger charge is -2.15. The van der Waals surface area contributed by atoms with E-state index in [1.54, 1.807) is 35.4 Å². The number of nitrogens with zero attached hydrogens (tertiary/aromatic N) is 1. The molecule has 1 N–H and O–H groups in total. The average molecular weight is 367 g/mol. The highest BCUT2D eigenvalue weighted by Crippen LogP contribution is 2.24. The molecule has 0 bridgehead atoms. The number of halogens is 2. The Balaban J connectivity index is 1.82. The Labute approximate surface area is 133 Å². The van der Waals surface area contributed by atoms with E-state index in [9.17, 15) is 9.18 Å². The number of rotatable bonds is 3. The number of aromatic nitrogens is 1. The first-order chi connectivity index (χ1) is 10.0. The van der Waals surface area contributed by atoms with Gasteiger partial charge in [0.05, 0.1) is 10.3 Å². The Morgan fingerprint density at radius 3 is 2.86 bits per heavy atom. The van der Waals surface area contributed by atoms with Crippen LogP contribution in [0.3, 0.4) is 0 Å². The van der Waals surface area contributed by atoms with Gasteiger partial charge in [-0.2, -0.15) is 0 Å². The van der Waals surface area contributed by atoms with Gasteiger partial charge in [-0.15, -0.1) is 11.3 Å². The van der Waals surface area contributed by atoms with Crippen molar-refractivity contribution < 1.29 is 9.18 Å². The van der Waals surface area contributed by atoms with Crippen LogP contribution in [0.15, 0.2) is 40.2 Å². The minimum atomic E-state index is -0.308. The van der Waals surface area contributed by atoms with Crippen LogP contribution in [0.5, 0.6) is 0 Å². The first-order valence-electron chi connectivity index (χ1n) is 6.31. The summed E-state index contributed by atoms with van der Waals surface area (Å²) < 4.78 is 14.2. The lowest BCUT2D eigenvalue weighted by atomic mass is 10.2. The molecule has 0 spiro atoms. The van der Waals surface area contributed by atoms with Gasteiger partial charge < -0.3 is 9.88 Å². The summed E-state index contributed by atoms with van der Waals surface area (Å²) in [5.41, 5.74) is 1.22. The summed E-state index contributed by atoms with van der Waals surface area (Å²) >= 11 is 5.01. The topological polar surface area (TPSA) is 36.1 Å². The van der Waals surface area contributed by atoms with Crippen LogP contribution in [0.4, 0.5) is 4.39 Å². The quantitative estimate of drug-likeness (QED) is 0.732. The van der Waals surface area contributed by atoms with Crippen LogP contribution in [0.1, 0.15) is 15.4 Å². The second-order valence-corrected chi connectivity index (χ2v) is 7.33. The normalized spacial score (nSPS) is 11.0. The van der Waals surface area contributed by atoms with E-state index in [4.69, 9.17) is 0 Å². The number of H-pyrrole nitrogens is 1. The van der Waals surface area contributed by atoms with Crippen LogP contribution >= 0.6 is 27.3 Å². The van der Waals surface area contributed by atoms with Crippen LogP contribution in [0.25, 0.3) is 10.9 Å². The third-order valence-corrected chi connectivity index (χ3v) is 4.79. The second-order valence-electron chi connectivity index (χ2n) is 4.78. The molecule has 3 aromatic rings. The Kier molecular flexibility index (Phi) is 3.82. The van der Waals surface area contributed by atoms with E-state index >= 15 is 0 Å². The molecule has 6 heteroatoms. The molecule has 0 aliphatic carbocycles. The van der Waals surface area contributed by atoms with Crippen LogP contribution in [-0.2, 0) is 6.54 Å². The van der Waals surface area contributed by atoms with Crippen molar-refractivity contribution in [3.63, 3.8) is 0 Å². The van der Waals surface area contributed by atoms with Gasteiger partial charge in [0.25, 0.3) is 5.91 Å². The molecule has 1 aromatic carbocycles. The summed E-state index contributed by atoms with van der Waals surface area (Å²) in [6.45, 7) is 0.541. The summed E-state index contributed by atoms with van der Waals surface area (Å²) in [7, 11) is 1.75. The number of carbonyl (C=O) groups is 1. The van der Waals surface area contributed by atoms with Gasteiger partial charge in [0.1, 0.15) is 11.5 Å². The predicted octanol–water partition coefficient (Wildman–Crippen LogP) is 4.40. The number of benzene rings is 1. The minimum absolute atomic E-state index is 0.115. The number of nitrogens with one attached hydrogen (secondary N) is 1. The molecule has 108 valence electrons. The van der Waals surface area contributed by atoms with Crippen molar-refractivity contribution in [2.24, 2.45) is 0 Å². The van der Waals surface area contributed by atoms with E-state index in [-0.39, 0.29) is 11.7 Å². The molecule has 2 aromatic heterocycles. The first kappa shape index (κ1) is 14.3. The Hall–Kier alpha value is -1.66. The number of amides is 1. The largest absolute Gasteiger partial charge is 0.351 e. The van der Waals surface area contributed by atoms with Crippen molar-refractivity contribution >= 4 is 44.1 Å². The molecule has 1 amide bonds. The number of aromatic amines is 1. The molecule has 3 rings (SSSR count). The lowest BCUT2D eigenvalue weighted by molar-refractivity contribution is 0.0781. The van der Waals surface area contributed by atoms with Gasteiger partial charge in [-0.1, -0.05) is 0 Å². The van der Waals surface area contributed by atoms with Gasteiger partial charge in [0, 0.05) is 22.8 Å². The maximum absolute atomic E-state index is 13.2. The molecule has 0 atom stereocenters. The smallest absolute Gasteiger partial charge is 0.270 e. The Bertz CT molecular complexity index is 811. The SMILES string of the molecule is CN(Cc1ccc(Br)s1)C(=O)c1cc2cc(F)ccc2[nH]1. The fraction of sp³-hybridized carbons (Fsp3) is 0.133. The molecule has 0 unspecified atom stereocenters. The van der Waals surface area contributed by atoms with Crippen LogP contribution in [-0.4, -0.2) is 22.8 Å². The van der Waals surface area contributed by atoms with Crippen LogP contribution in [0, 0.1) is 5.82 Å². The second kappa shape index (κ2) is 5.61. The Morgan fingerprint density at radius 1 is 1.33 bits per heavy atom. The standard InChI is InChI=1S/C15H12BrFN2OS/c1-19(8-11-3-5-14(16)21-11)15(20)13-7-9-6-10(17)2-4-12(9)18-13/h2-7,18H,8H2,1H3. The van der Waals surface area contributed by atoms with E-state index in [1.807, 2.05) is 12.1 Å². The monoisotopic (exact) mass is 366 g/mol. The number of hydrogen-bond donors (Lipinski definition) is 1. The van der Waals surface area contributed by atoms with Crippen LogP contribution in [0.2, 0.25) is 0 Å². The molecule has 0 aliphatic heterocycles. The zero-order chi connectivity index (χ0) is 15.0. The molecule has 0 aliphatic rings. The summed E-state index contributed by atoms with van der Waals surface area (Å²) in [4.78, 5) is 18.2. The lowest BCUT2D eigenvalue weighted by Crippen LogP contribution is -2.26. The van der Waals surface area contributed by atoms with Crippen LogP contribution < -0.4 is 0 Å². The van der Waals surface area contributed by atoms with Crippen molar-refractivity contribution in [3.8, 4) is 0 Å². The fourth-order valence-corrected chi connectivity index (χ4v) is 3.70. The molecule has 0 saturated carbocycles. The van der Waals surface area contributed by atoms with E-state index in [0.717, 1.165) is 14.2 Å². The summed E-state index contributed by atoms with van der Waals surface area (Å²) in [5.74, 6) is -0.423. The van der Waals surface area contributed by atoms with E-state index in [1.165, 1.54) is 12.1 Å². The summed E-state index contributed by atoms with van der Waals surface area (Å²) in [6, 6.07) is 10.1. The average Bonchev–Trinajstić information content (AvgIpc) is 3.03. The third-order valence-electron chi connectivity index (χ3n) is 3.18. The highest BCUT2D eigenvalue weighted by molar-refractivity contribution is 9.11. The highest BCUT2D eigenvalue weighted by atomic mass is 79.9. The van der Waals surface area contributed by atoms with Gasteiger partial charge in [-0.05, 0) is 52.3 Å². The maximum atomic E-state index is 13.2. The van der Waals surface area contributed by atoms with Gasteiger partial charge >= 0.3 is 0 Å². The zero-order valence-electron chi connectivity index (χ0n) is 11.2. The van der Waals surface area contributed by atoms with Crippen molar-refractivity contribution in [3.05, 3.63) is 56.6 Å². The first-order valence-corrected chi connectivity index (χ1v) is 7.92. The van der Waals surface area contributed by atoms with Crippen molar-refractivity contribution in [1.82, 2.24) is 9.88 Å². The van der Waals surface area contributed by atoms with Crippen molar-refractivity contribution in [2.75, 3.05) is 7.05 Å². The molecule has 3 nitrogen and oxygen atoms in total. The molecular formula is C15H12BrFN2OS. The van der Waals surface area contributed by atoms with E-state index < -0.39 is 0 Å². The molecule has 21 heavy (non-hydrogen) atoms. The van der Waals surface area contributed by atoms with Gasteiger partial charge in [0.15, 0.2) is 0 Å². The number of hydrogen-bond acceptors (Lipinski definition) is 2. The van der Waals surface area contributed by atoms with Gasteiger partial charge in [-0.25, -0.2) is 4.39 Å². The third kappa shape index (κ3) is 3.01.